The third-order valence-corrected chi connectivity index (χ3v) is 6.49. The maximum atomic E-state index is 13.7. The van der Waals surface area contributed by atoms with Gasteiger partial charge in [0, 0.05) is 25.8 Å². The van der Waals surface area contributed by atoms with Crippen LogP contribution in [0.1, 0.15) is 11.4 Å². The molecule has 3 rings (SSSR count). The van der Waals surface area contributed by atoms with E-state index in [1.165, 1.54) is 23.8 Å². The van der Waals surface area contributed by atoms with Crippen LogP contribution in [0.2, 0.25) is 0 Å². The summed E-state index contributed by atoms with van der Waals surface area (Å²) < 4.78 is 42.3. The molecule has 0 aliphatic heterocycles. The Morgan fingerprint density at radius 2 is 1.78 bits per heavy atom. The van der Waals surface area contributed by atoms with E-state index in [1.54, 1.807) is 11.8 Å². The van der Waals surface area contributed by atoms with Crippen molar-refractivity contribution in [2.24, 2.45) is 7.05 Å². The molecule has 0 bridgehead atoms. The first kappa shape index (κ1) is 19.5. The first-order valence-corrected chi connectivity index (χ1v) is 10.7. The predicted molar refractivity (Wildman–Crippen MR) is 102 cm³/mol. The molecule has 1 N–H and O–H groups in total. The highest BCUT2D eigenvalue weighted by Crippen LogP contribution is 2.21. The van der Waals surface area contributed by atoms with Gasteiger partial charge >= 0.3 is 0 Å². The van der Waals surface area contributed by atoms with Crippen LogP contribution in [0.3, 0.4) is 0 Å². The second-order valence-electron chi connectivity index (χ2n) is 5.81. The Morgan fingerprint density at radius 1 is 1.07 bits per heavy atom. The molecule has 0 spiro atoms. The topological polar surface area (TPSA) is 76.9 Å². The van der Waals surface area contributed by atoms with Crippen LogP contribution in [-0.2, 0) is 29.2 Å². The van der Waals surface area contributed by atoms with Crippen LogP contribution >= 0.6 is 11.8 Å². The average molecular weight is 407 g/mol. The van der Waals surface area contributed by atoms with Gasteiger partial charge in [-0.2, -0.15) is 0 Å². The van der Waals surface area contributed by atoms with Crippen LogP contribution in [0.25, 0.3) is 0 Å². The maximum Gasteiger partial charge on any atom is 0.243 e. The van der Waals surface area contributed by atoms with Crippen LogP contribution in [0.5, 0.6) is 0 Å². The first-order chi connectivity index (χ1) is 13.0. The van der Waals surface area contributed by atoms with Crippen molar-refractivity contribution in [3.05, 3.63) is 71.8 Å². The molecule has 6 nitrogen and oxygen atoms in total. The molecule has 0 aliphatic carbocycles. The quantitative estimate of drug-likeness (QED) is 0.582. The number of aromatic nitrogens is 3. The molecule has 2 aromatic carbocycles. The summed E-state index contributed by atoms with van der Waals surface area (Å²) in [7, 11) is -2.06. The monoisotopic (exact) mass is 406 g/mol. The van der Waals surface area contributed by atoms with Crippen molar-refractivity contribution in [1.29, 1.82) is 0 Å². The van der Waals surface area contributed by atoms with Crippen molar-refractivity contribution >= 4 is 21.8 Å². The molecule has 0 radical (unpaired) electrons. The number of thioether (sulfide) groups is 1. The Bertz CT molecular complexity index is 1010. The number of sulfonamides is 1. The van der Waals surface area contributed by atoms with Gasteiger partial charge in [-0.3, -0.25) is 0 Å². The Kier molecular flexibility index (Phi) is 6.25. The van der Waals surface area contributed by atoms with Crippen LogP contribution in [0.15, 0.2) is 64.6 Å². The van der Waals surface area contributed by atoms with E-state index in [1.807, 2.05) is 41.9 Å². The highest BCUT2D eigenvalue weighted by molar-refractivity contribution is 7.98. The molecule has 0 atom stereocenters. The number of nitrogens with zero attached hydrogens (tertiary/aromatic N) is 3. The number of rotatable bonds is 8. The minimum atomic E-state index is -3.90. The van der Waals surface area contributed by atoms with E-state index < -0.39 is 15.8 Å². The largest absolute Gasteiger partial charge is 0.309 e. The smallest absolute Gasteiger partial charge is 0.243 e. The summed E-state index contributed by atoms with van der Waals surface area (Å²) in [5.41, 5.74) is 1.18. The van der Waals surface area contributed by atoms with E-state index in [0.717, 1.165) is 17.0 Å². The zero-order chi connectivity index (χ0) is 19.3. The SMILES string of the molecule is Cn1c(CCNS(=O)(=O)c2ccccc2F)nnc1SCc1ccccc1. The highest BCUT2D eigenvalue weighted by Gasteiger charge is 2.18. The second-order valence-corrected chi connectivity index (χ2v) is 8.49. The molecular formula is C18H19FN4O2S2. The van der Waals surface area contributed by atoms with Gasteiger partial charge in [0.2, 0.25) is 10.0 Å². The zero-order valence-corrected chi connectivity index (χ0v) is 16.3. The summed E-state index contributed by atoms with van der Waals surface area (Å²) in [4.78, 5) is -0.359. The van der Waals surface area contributed by atoms with Gasteiger partial charge < -0.3 is 4.57 Å². The van der Waals surface area contributed by atoms with E-state index in [-0.39, 0.29) is 11.4 Å². The molecule has 0 unspecified atom stereocenters. The number of hydrogen-bond donors (Lipinski definition) is 1. The summed E-state index contributed by atoms with van der Waals surface area (Å²) in [5.74, 6) is 0.650. The fourth-order valence-electron chi connectivity index (χ4n) is 2.45. The zero-order valence-electron chi connectivity index (χ0n) is 14.7. The molecule has 0 aliphatic rings. The summed E-state index contributed by atoms with van der Waals surface area (Å²) in [5, 5.41) is 9.03. The summed E-state index contributed by atoms with van der Waals surface area (Å²) in [6, 6.07) is 15.3. The fraction of sp³-hybridized carbons (Fsp3) is 0.222. The van der Waals surface area contributed by atoms with Crippen molar-refractivity contribution in [2.45, 2.75) is 22.2 Å². The van der Waals surface area contributed by atoms with Gasteiger partial charge in [-0.05, 0) is 17.7 Å². The molecule has 0 saturated carbocycles. The third kappa shape index (κ3) is 4.94. The molecular weight excluding hydrogens is 387 g/mol. The molecule has 0 amide bonds. The maximum absolute atomic E-state index is 13.7. The van der Waals surface area contributed by atoms with E-state index in [2.05, 4.69) is 14.9 Å². The van der Waals surface area contributed by atoms with Gasteiger partial charge in [0.25, 0.3) is 0 Å². The fourth-order valence-corrected chi connectivity index (χ4v) is 4.44. The molecule has 3 aromatic rings. The van der Waals surface area contributed by atoms with Crippen LogP contribution < -0.4 is 4.72 Å². The van der Waals surface area contributed by atoms with E-state index in [4.69, 9.17) is 0 Å². The Hall–Kier alpha value is -2.23. The van der Waals surface area contributed by atoms with Gasteiger partial charge in [-0.25, -0.2) is 17.5 Å². The molecule has 1 heterocycles. The molecule has 142 valence electrons. The molecule has 0 fully saturated rings. The minimum Gasteiger partial charge on any atom is -0.309 e. The predicted octanol–water partition coefficient (Wildman–Crippen LogP) is 2.77. The lowest BCUT2D eigenvalue weighted by Crippen LogP contribution is -2.27. The summed E-state index contributed by atoms with van der Waals surface area (Å²) in [6.45, 7) is 0.103. The first-order valence-electron chi connectivity index (χ1n) is 8.26. The summed E-state index contributed by atoms with van der Waals surface area (Å²) >= 11 is 1.56. The van der Waals surface area contributed by atoms with E-state index in [9.17, 15) is 12.8 Å². The Labute approximate surface area is 161 Å². The van der Waals surface area contributed by atoms with Crippen molar-refractivity contribution in [3.63, 3.8) is 0 Å². The number of hydrogen-bond acceptors (Lipinski definition) is 5. The average Bonchev–Trinajstić information content (AvgIpc) is 3.01. The van der Waals surface area contributed by atoms with Gasteiger partial charge in [0.05, 0.1) is 0 Å². The Morgan fingerprint density at radius 3 is 2.52 bits per heavy atom. The molecule has 0 saturated heterocycles. The van der Waals surface area contributed by atoms with Crippen molar-refractivity contribution in [2.75, 3.05) is 6.54 Å². The second kappa shape index (κ2) is 8.64. The standard InChI is InChI=1S/C18H19FN4O2S2/c1-23-17(21-22-18(23)26-13-14-7-3-2-4-8-14)11-12-20-27(24,25)16-10-6-5-9-15(16)19/h2-10,20H,11-13H2,1H3. The third-order valence-electron chi connectivity index (χ3n) is 3.90. The van der Waals surface area contributed by atoms with Gasteiger partial charge in [0.1, 0.15) is 16.5 Å². The number of benzene rings is 2. The lowest BCUT2D eigenvalue weighted by Gasteiger charge is -2.08. The van der Waals surface area contributed by atoms with Crippen LogP contribution in [0.4, 0.5) is 4.39 Å². The lowest BCUT2D eigenvalue weighted by atomic mass is 10.2. The van der Waals surface area contributed by atoms with Crippen molar-refractivity contribution in [1.82, 2.24) is 19.5 Å². The van der Waals surface area contributed by atoms with Crippen LogP contribution in [0, 0.1) is 5.82 Å². The van der Waals surface area contributed by atoms with Crippen molar-refractivity contribution < 1.29 is 12.8 Å². The molecule has 9 heteroatoms. The minimum absolute atomic E-state index is 0.103. The highest BCUT2D eigenvalue weighted by atomic mass is 32.2. The van der Waals surface area contributed by atoms with E-state index in [0.29, 0.717) is 12.2 Å². The van der Waals surface area contributed by atoms with Gasteiger partial charge in [-0.1, -0.05) is 54.2 Å². The lowest BCUT2D eigenvalue weighted by molar-refractivity contribution is 0.556. The normalized spacial score (nSPS) is 11.6. The van der Waals surface area contributed by atoms with Gasteiger partial charge in [0.15, 0.2) is 5.16 Å². The van der Waals surface area contributed by atoms with Crippen LogP contribution in [-0.4, -0.2) is 29.7 Å². The number of halogens is 1. The number of nitrogens with one attached hydrogen (secondary N) is 1. The summed E-state index contributed by atoms with van der Waals surface area (Å²) in [6.07, 6.45) is 0.350. The molecule has 27 heavy (non-hydrogen) atoms. The molecule has 1 aromatic heterocycles. The van der Waals surface area contributed by atoms with Gasteiger partial charge in [-0.15, -0.1) is 10.2 Å². The Balaban J connectivity index is 1.57. The van der Waals surface area contributed by atoms with Crippen molar-refractivity contribution in [3.8, 4) is 0 Å². The van der Waals surface area contributed by atoms with E-state index >= 15 is 0 Å².